The molecular formula is C11H16BrNO3S. The van der Waals surface area contributed by atoms with Crippen LogP contribution >= 0.6 is 15.9 Å². The van der Waals surface area contributed by atoms with Crippen LogP contribution in [0.25, 0.3) is 0 Å². The van der Waals surface area contributed by atoms with E-state index in [1.807, 2.05) is 6.92 Å². The fraction of sp³-hybridized carbons (Fsp3) is 0.455. The number of hydrogen-bond acceptors (Lipinski definition) is 3. The number of nitrogens with one attached hydrogen (secondary N) is 1. The maximum atomic E-state index is 12.0. The molecule has 0 aromatic heterocycles. The number of benzene rings is 1. The van der Waals surface area contributed by atoms with E-state index in [4.69, 9.17) is 5.11 Å². The summed E-state index contributed by atoms with van der Waals surface area (Å²) in [6.45, 7) is 3.52. The first-order chi connectivity index (χ1) is 7.86. The van der Waals surface area contributed by atoms with E-state index in [0.717, 1.165) is 10.0 Å². The topological polar surface area (TPSA) is 66.4 Å². The average molecular weight is 322 g/mol. The van der Waals surface area contributed by atoms with Crippen LogP contribution in [-0.4, -0.2) is 26.2 Å². The third-order valence-corrected chi connectivity index (χ3v) is 4.84. The van der Waals surface area contributed by atoms with E-state index in [2.05, 4.69) is 20.7 Å². The van der Waals surface area contributed by atoms with Crippen molar-refractivity contribution in [2.45, 2.75) is 31.2 Å². The molecule has 1 aromatic rings. The smallest absolute Gasteiger partial charge is 0.240 e. The average Bonchev–Trinajstić information content (AvgIpc) is 2.21. The number of aliphatic hydroxyl groups is 1. The molecule has 0 fully saturated rings. The van der Waals surface area contributed by atoms with Crippen LogP contribution in [0.4, 0.5) is 0 Å². The van der Waals surface area contributed by atoms with Gasteiger partial charge in [-0.2, -0.15) is 0 Å². The van der Waals surface area contributed by atoms with Gasteiger partial charge < -0.3 is 5.11 Å². The lowest BCUT2D eigenvalue weighted by molar-refractivity contribution is 0.275. The van der Waals surface area contributed by atoms with Gasteiger partial charge in [-0.25, -0.2) is 13.1 Å². The number of aryl methyl sites for hydroxylation is 1. The second-order valence-corrected chi connectivity index (χ2v) is 6.51. The van der Waals surface area contributed by atoms with Crippen molar-refractivity contribution >= 4 is 26.0 Å². The molecule has 4 nitrogen and oxygen atoms in total. The molecule has 0 bridgehead atoms. The number of hydrogen-bond donors (Lipinski definition) is 2. The van der Waals surface area contributed by atoms with Gasteiger partial charge >= 0.3 is 0 Å². The van der Waals surface area contributed by atoms with E-state index in [1.165, 1.54) is 0 Å². The monoisotopic (exact) mass is 321 g/mol. The Labute approximate surface area is 110 Å². The Kier molecular flexibility index (Phi) is 5.12. The van der Waals surface area contributed by atoms with Gasteiger partial charge in [0.15, 0.2) is 0 Å². The zero-order chi connectivity index (χ0) is 13.1. The van der Waals surface area contributed by atoms with Crippen LogP contribution in [-0.2, 0) is 10.0 Å². The molecule has 0 aliphatic carbocycles. The third-order valence-electron chi connectivity index (χ3n) is 2.36. The molecule has 0 amide bonds. The van der Waals surface area contributed by atoms with Gasteiger partial charge in [-0.05, 0) is 44.0 Å². The zero-order valence-corrected chi connectivity index (χ0v) is 12.2. The lowest BCUT2D eigenvalue weighted by atomic mass is 10.2. The van der Waals surface area contributed by atoms with Crippen LogP contribution < -0.4 is 4.72 Å². The van der Waals surface area contributed by atoms with Gasteiger partial charge in [0, 0.05) is 17.1 Å². The van der Waals surface area contributed by atoms with Gasteiger partial charge in [-0.15, -0.1) is 0 Å². The molecule has 6 heteroatoms. The number of sulfonamides is 1. The van der Waals surface area contributed by atoms with Crippen LogP contribution in [0.15, 0.2) is 27.6 Å². The Morgan fingerprint density at radius 3 is 2.65 bits per heavy atom. The van der Waals surface area contributed by atoms with Crippen molar-refractivity contribution in [2.24, 2.45) is 0 Å². The summed E-state index contributed by atoms with van der Waals surface area (Å²) in [5, 5.41) is 8.74. The summed E-state index contributed by atoms with van der Waals surface area (Å²) < 4.78 is 27.3. The van der Waals surface area contributed by atoms with Crippen molar-refractivity contribution in [1.29, 1.82) is 0 Å². The van der Waals surface area contributed by atoms with Gasteiger partial charge in [0.05, 0.1) is 4.90 Å². The Bertz CT molecular complexity index is 487. The number of halogens is 1. The van der Waals surface area contributed by atoms with Crippen molar-refractivity contribution < 1.29 is 13.5 Å². The molecule has 0 saturated heterocycles. The summed E-state index contributed by atoms with van der Waals surface area (Å²) in [5.41, 5.74) is 0.864. The van der Waals surface area contributed by atoms with Crippen molar-refractivity contribution in [2.75, 3.05) is 6.61 Å². The van der Waals surface area contributed by atoms with Crippen LogP contribution in [0, 0.1) is 6.92 Å². The molecule has 1 atom stereocenters. The maximum Gasteiger partial charge on any atom is 0.240 e. The second-order valence-electron chi connectivity index (χ2n) is 3.95. The highest BCUT2D eigenvalue weighted by Crippen LogP contribution is 2.20. The molecule has 2 N–H and O–H groups in total. The molecule has 17 heavy (non-hydrogen) atoms. The minimum absolute atomic E-state index is 0.0386. The molecule has 0 spiro atoms. The normalized spacial score (nSPS) is 13.6. The molecular weight excluding hydrogens is 306 g/mol. The first-order valence-corrected chi connectivity index (χ1v) is 7.54. The summed E-state index contributed by atoms with van der Waals surface area (Å²) in [6, 6.07) is 4.58. The van der Waals surface area contributed by atoms with Gasteiger partial charge in [0.1, 0.15) is 0 Å². The van der Waals surface area contributed by atoms with E-state index in [9.17, 15) is 8.42 Å². The maximum absolute atomic E-state index is 12.0. The van der Waals surface area contributed by atoms with Crippen molar-refractivity contribution in [1.82, 2.24) is 4.72 Å². The minimum Gasteiger partial charge on any atom is -0.396 e. The van der Waals surface area contributed by atoms with Gasteiger partial charge in [0.2, 0.25) is 10.0 Å². The van der Waals surface area contributed by atoms with E-state index in [-0.39, 0.29) is 17.5 Å². The fourth-order valence-electron chi connectivity index (χ4n) is 1.37. The van der Waals surface area contributed by atoms with E-state index < -0.39 is 10.0 Å². The molecule has 0 aliphatic heterocycles. The molecule has 0 aliphatic rings. The van der Waals surface area contributed by atoms with Gasteiger partial charge in [0.25, 0.3) is 0 Å². The lowest BCUT2D eigenvalue weighted by Gasteiger charge is -2.13. The van der Waals surface area contributed by atoms with E-state index in [1.54, 1.807) is 25.1 Å². The van der Waals surface area contributed by atoms with Crippen LogP contribution in [0.1, 0.15) is 18.9 Å². The van der Waals surface area contributed by atoms with Crippen LogP contribution in [0.2, 0.25) is 0 Å². The van der Waals surface area contributed by atoms with Crippen molar-refractivity contribution in [3.63, 3.8) is 0 Å². The Morgan fingerprint density at radius 1 is 1.47 bits per heavy atom. The number of aliphatic hydroxyl groups excluding tert-OH is 1. The first kappa shape index (κ1) is 14.6. The van der Waals surface area contributed by atoms with Crippen molar-refractivity contribution in [3.05, 3.63) is 28.2 Å². The van der Waals surface area contributed by atoms with Crippen LogP contribution in [0.3, 0.4) is 0 Å². The molecule has 0 saturated carbocycles. The summed E-state index contributed by atoms with van der Waals surface area (Å²) in [5.74, 6) is 0. The molecule has 1 rings (SSSR count). The highest BCUT2D eigenvalue weighted by Gasteiger charge is 2.17. The van der Waals surface area contributed by atoms with E-state index in [0.29, 0.717) is 6.42 Å². The Morgan fingerprint density at radius 2 is 2.12 bits per heavy atom. The zero-order valence-electron chi connectivity index (χ0n) is 9.77. The summed E-state index contributed by atoms with van der Waals surface area (Å²) >= 11 is 3.32. The minimum atomic E-state index is -3.50. The highest BCUT2D eigenvalue weighted by atomic mass is 79.9. The Balaban J connectivity index is 2.93. The second kappa shape index (κ2) is 5.95. The van der Waals surface area contributed by atoms with Crippen LogP contribution in [0.5, 0.6) is 0 Å². The molecule has 0 heterocycles. The number of rotatable bonds is 5. The van der Waals surface area contributed by atoms with E-state index >= 15 is 0 Å². The highest BCUT2D eigenvalue weighted by molar-refractivity contribution is 9.10. The van der Waals surface area contributed by atoms with Crippen molar-refractivity contribution in [3.8, 4) is 0 Å². The van der Waals surface area contributed by atoms with Gasteiger partial charge in [-0.3, -0.25) is 0 Å². The summed E-state index contributed by atoms with van der Waals surface area (Å²) in [4.78, 5) is 0.239. The predicted molar refractivity (Wildman–Crippen MR) is 70.4 cm³/mol. The summed E-state index contributed by atoms with van der Waals surface area (Å²) in [6.07, 6.45) is 0.398. The summed E-state index contributed by atoms with van der Waals surface area (Å²) in [7, 11) is -3.50. The lowest BCUT2D eigenvalue weighted by Crippen LogP contribution is -2.33. The predicted octanol–water partition coefficient (Wildman–Crippen LogP) is 1.81. The standard InChI is InChI=1S/C11H16BrNO3S/c1-8-7-10(3-4-11(8)12)17(15,16)13-9(2)5-6-14/h3-4,7,9,13-14H,5-6H2,1-2H3. The first-order valence-electron chi connectivity index (χ1n) is 5.26. The third kappa shape index (κ3) is 4.06. The largest absolute Gasteiger partial charge is 0.396 e. The van der Waals surface area contributed by atoms with Gasteiger partial charge in [-0.1, -0.05) is 15.9 Å². The molecule has 96 valence electrons. The quantitative estimate of drug-likeness (QED) is 0.869. The molecule has 0 radical (unpaired) electrons. The molecule has 1 aromatic carbocycles. The molecule has 1 unspecified atom stereocenters. The fourth-order valence-corrected chi connectivity index (χ4v) is 2.98. The SMILES string of the molecule is Cc1cc(S(=O)(=O)NC(C)CCO)ccc1Br. The Hall–Kier alpha value is -0.430.